The lowest BCUT2D eigenvalue weighted by atomic mass is 10.1. The van der Waals surface area contributed by atoms with Crippen molar-refractivity contribution < 1.29 is 28.6 Å². The third-order valence-electron chi connectivity index (χ3n) is 4.07. The quantitative estimate of drug-likeness (QED) is 0.424. The largest absolute Gasteiger partial charge is 0.479 e. The smallest absolute Gasteiger partial charge is 0.347 e. The van der Waals surface area contributed by atoms with E-state index in [2.05, 4.69) is 0 Å². The molecule has 7 heteroatoms. The van der Waals surface area contributed by atoms with Crippen LogP contribution in [-0.4, -0.2) is 44.2 Å². The van der Waals surface area contributed by atoms with E-state index in [9.17, 15) is 14.4 Å². The summed E-state index contributed by atoms with van der Waals surface area (Å²) >= 11 is 0. The third-order valence-corrected chi connectivity index (χ3v) is 4.07. The number of nitrogens with zero attached hydrogens (tertiary/aromatic N) is 1. The molecule has 2 aromatic carbocycles. The molecular formula is C20H19NO6. The minimum atomic E-state index is -0.799. The van der Waals surface area contributed by atoms with Gasteiger partial charge in [-0.05, 0) is 43.3 Å². The van der Waals surface area contributed by atoms with Crippen LogP contribution in [0.5, 0.6) is 5.75 Å². The summed E-state index contributed by atoms with van der Waals surface area (Å²) in [5, 5.41) is 0. The molecule has 0 N–H and O–H groups in total. The molecule has 0 unspecified atom stereocenters. The van der Waals surface area contributed by atoms with Crippen LogP contribution in [0.15, 0.2) is 48.5 Å². The number of hydrogen-bond donors (Lipinski definition) is 0. The minimum Gasteiger partial charge on any atom is -0.479 e. The lowest BCUT2D eigenvalue weighted by molar-refractivity contribution is -0.152. The normalized spacial score (nSPS) is 14.1. The molecule has 2 amide bonds. The number of carbonyl (C=O) groups excluding carboxylic acids is 3. The van der Waals surface area contributed by atoms with Gasteiger partial charge in [0.2, 0.25) is 0 Å². The summed E-state index contributed by atoms with van der Waals surface area (Å²) in [7, 11) is 1.52. The zero-order chi connectivity index (χ0) is 19.4. The number of benzene rings is 2. The number of amides is 2. The van der Waals surface area contributed by atoms with Gasteiger partial charge in [-0.15, -0.1) is 0 Å². The van der Waals surface area contributed by atoms with Crippen molar-refractivity contribution in [3.63, 3.8) is 0 Å². The minimum absolute atomic E-state index is 0.154. The number of ether oxygens (including phenoxy) is 3. The van der Waals surface area contributed by atoms with E-state index in [-0.39, 0.29) is 18.4 Å². The number of fused-ring (bicyclic) bond motifs is 1. The molecule has 1 atom stereocenters. The van der Waals surface area contributed by atoms with Gasteiger partial charge in [-0.3, -0.25) is 9.59 Å². The molecule has 0 fully saturated rings. The van der Waals surface area contributed by atoms with Gasteiger partial charge < -0.3 is 14.2 Å². The first-order valence-electron chi connectivity index (χ1n) is 8.43. The lowest BCUT2D eigenvalue weighted by Gasteiger charge is -2.16. The first kappa shape index (κ1) is 18.6. The fourth-order valence-electron chi connectivity index (χ4n) is 2.69. The van der Waals surface area contributed by atoms with E-state index in [1.807, 2.05) is 0 Å². The second-order valence-electron chi connectivity index (χ2n) is 5.91. The number of rotatable bonds is 7. The van der Waals surface area contributed by atoms with Crippen LogP contribution in [0.4, 0.5) is 5.69 Å². The summed E-state index contributed by atoms with van der Waals surface area (Å²) in [6, 6.07) is 13.1. The average molecular weight is 369 g/mol. The Labute approximate surface area is 156 Å². The number of methoxy groups -OCH3 is 1. The third kappa shape index (κ3) is 3.83. The molecule has 2 aromatic rings. The highest BCUT2D eigenvalue weighted by molar-refractivity contribution is 6.34. The van der Waals surface area contributed by atoms with E-state index in [1.165, 1.54) is 7.11 Å². The molecule has 140 valence electrons. The van der Waals surface area contributed by atoms with Gasteiger partial charge in [0.25, 0.3) is 11.8 Å². The van der Waals surface area contributed by atoms with Gasteiger partial charge in [0.15, 0.2) is 6.10 Å². The molecule has 0 saturated carbocycles. The predicted octanol–water partition coefficient (Wildman–Crippen LogP) is 2.44. The first-order chi connectivity index (χ1) is 13.0. The Hall–Kier alpha value is -3.19. The van der Waals surface area contributed by atoms with Gasteiger partial charge in [0, 0.05) is 7.11 Å². The maximum Gasteiger partial charge on any atom is 0.347 e. The molecule has 0 bridgehead atoms. The van der Waals surface area contributed by atoms with Crippen molar-refractivity contribution in [2.45, 2.75) is 13.0 Å². The highest BCUT2D eigenvalue weighted by atomic mass is 16.6. The van der Waals surface area contributed by atoms with E-state index in [4.69, 9.17) is 14.2 Å². The van der Waals surface area contributed by atoms with Crippen molar-refractivity contribution in [3.8, 4) is 5.75 Å². The van der Waals surface area contributed by atoms with Crippen LogP contribution in [0.3, 0.4) is 0 Å². The zero-order valence-corrected chi connectivity index (χ0v) is 15.0. The van der Waals surface area contributed by atoms with E-state index in [0.29, 0.717) is 29.2 Å². The fourth-order valence-corrected chi connectivity index (χ4v) is 2.69. The van der Waals surface area contributed by atoms with Gasteiger partial charge in [-0.2, -0.15) is 0 Å². The Kier molecular flexibility index (Phi) is 5.52. The molecule has 0 saturated heterocycles. The van der Waals surface area contributed by atoms with Crippen molar-refractivity contribution in [1.82, 2.24) is 0 Å². The standard InChI is InChI=1S/C20H19NO6/c1-13(20(24)26-12-11-25-2)27-15-9-7-14(8-10-15)21-18(22)16-5-3-4-6-17(16)19(21)23/h3-10,13H,11-12H2,1-2H3/t13-/m1/s1. The number of imide groups is 1. The van der Waals surface area contributed by atoms with Gasteiger partial charge >= 0.3 is 5.97 Å². The molecule has 0 aromatic heterocycles. The van der Waals surface area contributed by atoms with Crippen molar-refractivity contribution in [3.05, 3.63) is 59.7 Å². The maximum absolute atomic E-state index is 12.5. The van der Waals surface area contributed by atoms with Crippen LogP contribution >= 0.6 is 0 Å². The van der Waals surface area contributed by atoms with Gasteiger partial charge in [0.1, 0.15) is 12.4 Å². The van der Waals surface area contributed by atoms with E-state index >= 15 is 0 Å². The Balaban J connectivity index is 1.67. The molecule has 3 rings (SSSR count). The van der Waals surface area contributed by atoms with Gasteiger partial charge in [-0.25, -0.2) is 9.69 Å². The lowest BCUT2D eigenvalue weighted by Crippen LogP contribution is -2.29. The topological polar surface area (TPSA) is 82.1 Å². The number of carbonyl (C=O) groups is 3. The summed E-state index contributed by atoms with van der Waals surface area (Å²) < 4.78 is 15.4. The van der Waals surface area contributed by atoms with Crippen molar-refractivity contribution in [1.29, 1.82) is 0 Å². The Morgan fingerprint density at radius 3 is 2.11 bits per heavy atom. The molecule has 1 aliphatic rings. The van der Waals surface area contributed by atoms with Crippen LogP contribution < -0.4 is 9.64 Å². The first-order valence-corrected chi connectivity index (χ1v) is 8.43. The predicted molar refractivity (Wildman–Crippen MR) is 96.9 cm³/mol. The van der Waals surface area contributed by atoms with Crippen molar-refractivity contribution in [2.24, 2.45) is 0 Å². The highest BCUT2D eigenvalue weighted by Crippen LogP contribution is 2.29. The van der Waals surface area contributed by atoms with E-state index in [0.717, 1.165) is 4.90 Å². The van der Waals surface area contributed by atoms with Gasteiger partial charge in [-0.1, -0.05) is 12.1 Å². The number of anilines is 1. The molecule has 1 heterocycles. The second-order valence-corrected chi connectivity index (χ2v) is 5.91. The molecule has 1 aliphatic heterocycles. The molecular weight excluding hydrogens is 350 g/mol. The average Bonchev–Trinajstić information content (AvgIpc) is 2.93. The Bertz CT molecular complexity index is 826. The molecule has 7 nitrogen and oxygen atoms in total. The monoisotopic (exact) mass is 369 g/mol. The Morgan fingerprint density at radius 1 is 0.963 bits per heavy atom. The van der Waals surface area contributed by atoms with Crippen molar-refractivity contribution >= 4 is 23.5 Å². The molecule has 0 aliphatic carbocycles. The summed E-state index contributed by atoms with van der Waals surface area (Å²) in [5.41, 5.74) is 1.20. The highest BCUT2D eigenvalue weighted by Gasteiger charge is 2.36. The SMILES string of the molecule is COCCOC(=O)[C@@H](C)Oc1ccc(N2C(=O)c3ccccc3C2=O)cc1. The second kappa shape index (κ2) is 8.01. The van der Waals surface area contributed by atoms with Crippen LogP contribution in [0.1, 0.15) is 27.6 Å². The molecule has 0 radical (unpaired) electrons. The summed E-state index contributed by atoms with van der Waals surface area (Å²) in [6.45, 7) is 2.04. The maximum atomic E-state index is 12.5. The summed E-state index contributed by atoms with van der Waals surface area (Å²) in [5.74, 6) is -0.804. The molecule has 27 heavy (non-hydrogen) atoms. The van der Waals surface area contributed by atoms with Crippen LogP contribution in [0.25, 0.3) is 0 Å². The van der Waals surface area contributed by atoms with E-state index in [1.54, 1.807) is 55.5 Å². The van der Waals surface area contributed by atoms with Crippen molar-refractivity contribution in [2.75, 3.05) is 25.2 Å². The van der Waals surface area contributed by atoms with Crippen LogP contribution in [0, 0.1) is 0 Å². The summed E-state index contributed by atoms with van der Waals surface area (Å²) in [4.78, 5) is 37.9. The number of esters is 1. The Morgan fingerprint density at radius 2 is 1.56 bits per heavy atom. The fraction of sp³-hybridized carbons (Fsp3) is 0.250. The van der Waals surface area contributed by atoms with Crippen LogP contribution in [-0.2, 0) is 14.3 Å². The van der Waals surface area contributed by atoms with Gasteiger partial charge in [0.05, 0.1) is 23.4 Å². The molecule has 0 spiro atoms. The summed E-state index contributed by atoms with van der Waals surface area (Å²) in [6.07, 6.45) is -0.799. The zero-order valence-electron chi connectivity index (χ0n) is 15.0. The van der Waals surface area contributed by atoms with Crippen LogP contribution in [0.2, 0.25) is 0 Å². The van der Waals surface area contributed by atoms with E-state index < -0.39 is 12.1 Å². The number of hydrogen-bond acceptors (Lipinski definition) is 6.